The number of aromatic nitrogens is 1. The number of carbonyl (C=O) groups excluding carboxylic acids is 2. The highest BCUT2D eigenvalue weighted by Gasteiger charge is 2.41. The summed E-state index contributed by atoms with van der Waals surface area (Å²) in [4.78, 5) is 29.9. The molecule has 2 rings (SSSR count). The van der Waals surface area contributed by atoms with Crippen molar-refractivity contribution >= 4 is 29.4 Å². The van der Waals surface area contributed by atoms with Crippen LogP contribution in [0.5, 0.6) is 0 Å². The first kappa shape index (κ1) is 18.4. The zero-order valence-corrected chi connectivity index (χ0v) is 14.9. The van der Waals surface area contributed by atoms with Crippen molar-refractivity contribution in [3.8, 4) is 0 Å². The monoisotopic (exact) mass is 357 g/mol. The number of aryl methyl sites for hydroxylation is 1. The summed E-state index contributed by atoms with van der Waals surface area (Å²) in [6.45, 7) is 6.72. The zero-order valence-electron chi connectivity index (χ0n) is 14.1. The zero-order chi connectivity index (χ0) is 18.1. The lowest BCUT2D eigenvalue weighted by atomic mass is 10.2. The molecule has 1 aromatic heterocycles. The first-order valence-corrected chi connectivity index (χ1v) is 8.02. The number of amides is 2. The molecule has 0 unspecified atom stereocenters. The molecule has 6 nitrogen and oxygen atoms in total. The fraction of sp³-hybridized carbons (Fsp3) is 0.562. The van der Waals surface area contributed by atoms with E-state index in [1.54, 1.807) is 39.8 Å². The summed E-state index contributed by atoms with van der Waals surface area (Å²) in [5.74, 6) is -0.224. The number of nitrogens with one attached hydrogen (secondary N) is 1. The largest absolute Gasteiger partial charge is 0.444 e. The Morgan fingerprint density at radius 2 is 2.08 bits per heavy atom. The molecule has 2 atom stereocenters. The van der Waals surface area contributed by atoms with Crippen molar-refractivity contribution in [1.82, 2.24) is 9.88 Å². The first-order chi connectivity index (χ1) is 11.1. The summed E-state index contributed by atoms with van der Waals surface area (Å²) < 4.78 is 19.0. The third-order valence-electron chi connectivity index (χ3n) is 3.49. The number of hydrogen-bond donors (Lipinski definition) is 1. The molecule has 0 aliphatic carbocycles. The summed E-state index contributed by atoms with van der Waals surface area (Å²) in [5, 5.41) is 2.84. The average Bonchev–Trinajstić information content (AvgIpc) is 2.83. The Bertz CT molecular complexity index is 648. The third-order valence-corrected chi connectivity index (χ3v) is 3.70. The lowest BCUT2D eigenvalue weighted by Gasteiger charge is -2.27. The van der Waals surface area contributed by atoms with Gasteiger partial charge in [0.2, 0.25) is 5.91 Å². The van der Waals surface area contributed by atoms with Gasteiger partial charge in [0.15, 0.2) is 0 Å². The van der Waals surface area contributed by atoms with E-state index in [0.29, 0.717) is 11.4 Å². The van der Waals surface area contributed by atoms with Gasteiger partial charge in [-0.3, -0.25) is 9.69 Å². The lowest BCUT2D eigenvalue weighted by Crippen LogP contribution is -2.45. The van der Waals surface area contributed by atoms with E-state index in [1.165, 1.54) is 0 Å². The lowest BCUT2D eigenvalue weighted by molar-refractivity contribution is -0.120. The summed E-state index contributed by atoms with van der Waals surface area (Å²) >= 11 is 5.83. The van der Waals surface area contributed by atoms with Crippen molar-refractivity contribution < 1.29 is 18.7 Å². The number of ether oxygens (including phenoxy) is 1. The van der Waals surface area contributed by atoms with Crippen molar-refractivity contribution in [1.29, 1.82) is 0 Å². The number of hydrogen-bond acceptors (Lipinski definition) is 4. The number of carbonyl (C=O) groups is 2. The second-order valence-corrected chi connectivity index (χ2v) is 7.16. The van der Waals surface area contributed by atoms with Crippen LogP contribution in [0.25, 0.3) is 0 Å². The molecule has 0 spiro atoms. The number of anilines is 1. The Balaban J connectivity index is 2.14. The molecule has 8 heteroatoms. The van der Waals surface area contributed by atoms with Gasteiger partial charge in [-0.05, 0) is 39.3 Å². The Labute approximate surface area is 145 Å². The highest BCUT2D eigenvalue weighted by molar-refractivity contribution is 6.29. The molecule has 0 bridgehead atoms. The molecule has 1 saturated heterocycles. The predicted molar refractivity (Wildman–Crippen MR) is 88.9 cm³/mol. The summed E-state index contributed by atoms with van der Waals surface area (Å²) in [7, 11) is 0. The maximum Gasteiger partial charge on any atom is 0.411 e. The first-order valence-electron chi connectivity index (χ1n) is 7.64. The topological polar surface area (TPSA) is 71.5 Å². The summed E-state index contributed by atoms with van der Waals surface area (Å²) in [6.07, 6.45) is -2.06. The summed E-state index contributed by atoms with van der Waals surface area (Å²) in [5.41, 5.74) is -0.0104. The molecule has 1 fully saturated rings. The van der Waals surface area contributed by atoms with Crippen LogP contribution in [0.1, 0.15) is 32.8 Å². The van der Waals surface area contributed by atoms with E-state index < -0.39 is 29.8 Å². The van der Waals surface area contributed by atoms with Crippen LogP contribution >= 0.6 is 11.6 Å². The van der Waals surface area contributed by atoms with Gasteiger partial charge in [0.1, 0.15) is 28.8 Å². The second-order valence-electron chi connectivity index (χ2n) is 6.77. The van der Waals surface area contributed by atoms with Gasteiger partial charge in [0.05, 0.1) is 6.54 Å². The molecule has 24 heavy (non-hydrogen) atoms. The maximum absolute atomic E-state index is 13.8. The minimum Gasteiger partial charge on any atom is -0.444 e. The molecule has 0 radical (unpaired) electrons. The molecule has 1 aliphatic heterocycles. The Hall–Kier alpha value is -1.89. The smallest absolute Gasteiger partial charge is 0.411 e. The molecule has 132 valence electrons. The van der Waals surface area contributed by atoms with E-state index >= 15 is 0 Å². The quantitative estimate of drug-likeness (QED) is 0.824. The molecule has 1 N–H and O–H groups in total. The number of likely N-dealkylation sites (tertiary alicyclic amines) is 1. The molecule has 1 aliphatic rings. The van der Waals surface area contributed by atoms with Gasteiger partial charge in [0, 0.05) is 6.42 Å². The second kappa shape index (κ2) is 6.93. The van der Waals surface area contributed by atoms with Crippen LogP contribution in [0.4, 0.5) is 15.0 Å². The molecular formula is C16H21ClFN3O3. The van der Waals surface area contributed by atoms with Crippen LogP contribution in [0, 0.1) is 6.92 Å². The fourth-order valence-electron chi connectivity index (χ4n) is 2.39. The fourth-order valence-corrected chi connectivity index (χ4v) is 2.53. The van der Waals surface area contributed by atoms with Crippen LogP contribution in [0.3, 0.4) is 0 Å². The Morgan fingerprint density at radius 1 is 1.42 bits per heavy atom. The van der Waals surface area contributed by atoms with Crippen LogP contribution in [-0.2, 0) is 9.53 Å². The number of halogens is 2. The number of alkyl halides is 1. The van der Waals surface area contributed by atoms with Crippen molar-refractivity contribution in [2.75, 3.05) is 11.9 Å². The van der Waals surface area contributed by atoms with Crippen molar-refractivity contribution in [2.45, 2.75) is 51.9 Å². The highest BCUT2D eigenvalue weighted by atomic mass is 35.5. The van der Waals surface area contributed by atoms with Crippen molar-refractivity contribution in [3.63, 3.8) is 0 Å². The average molecular weight is 358 g/mol. The van der Waals surface area contributed by atoms with Crippen LogP contribution in [0.2, 0.25) is 5.15 Å². The van der Waals surface area contributed by atoms with Gasteiger partial charge in [-0.25, -0.2) is 14.2 Å². The highest BCUT2D eigenvalue weighted by Crippen LogP contribution is 2.25. The van der Waals surface area contributed by atoms with E-state index in [2.05, 4.69) is 10.3 Å². The number of pyridine rings is 1. The van der Waals surface area contributed by atoms with Crippen molar-refractivity contribution in [3.05, 3.63) is 22.8 Å². The van der Waals surface area contributed by atoms with Gasteiger partial charge in [-0.15, -0.1) is 0 Å². The van der Waals surface area contributed by atoms with E-state index in [0.717, 1.165) is 4.90 Å². The van der Waals surface area contributed by atoms with E-state index in [4.69, 9.17) is 16.3 Å². The van der Waals surface area contributed by atoms with Crippen LogP contribution in [-0.4, -0.2) is 46.2 Å². The standard InChI is InChI=1S/C16H21ClFN3O3/c1-9-5-6-12(17)19-13(9)20-14(22)11-7-10(18)8-21(11)15(23)24-16(2,3)4/h5-6,10-11H,7-8H2,1-4H3,(H,19,20,22)/t10-,11-/m1/s1. The molecule has 1 aromatic rings. The summed E-state index contributed by atoms with van der Waals surface area (Å²) in [6, 6.07) is 2.37. The minimum atomic E-state index is -1.28. The maximum atomic E-state index is 13.8. The SMILES string of the molecule is Cc1ccc(Cl)nc1NC(=O)[C@H]1C[C@@H](F)CN1C(=O)OC(C)(C)C. The molecular weight excluding hydrogens is 337 g/mol. The van der Waals surface area contributed by atoms with Gasteiger partial charge >= 0.3 is 6.09 Å². The Morgan fingerprint density at radius 3 is 2.71 bits per heavy atom. The van der Waals surface area contributed by atoms with Crippen LogP contribution < -0.4 is 5.32 Å². The normalized spacial score (nSPS) is 20.8. The number of rotatable bonds is 2. The van der Waals surface area contributed by atoms with Gasteiger partial charge in [0.25, 0.3) is 0 Å². The Kier molecular flexibility index (Phi) is 5.32. The van der Waals surface area contributed by atoms with Gasteiger partial charge < -0.3 is 10.1 Å². The molecule has 0 saturated carbocycles. The third kappa shape index (κ3) is 4.56. The predicted octanol–water partition coefficient (Wildman–Crippen LogP) is 3.33. The van der Waals surface area contributed by atoms with E-state index in [-0.39, 0.29) is 18.1 Å². The van der Waals surface area contributed by atoms with E-state index in [9.17, 15) is 14.0 Å². The van der Waals surface area contributed by atoms with Crippen LogP contribution in [0.15, 0.2) is 12.1 Å². The van der Waals surface area contributed by atoms with Crippen molar-refractivity contribution in [2.24, 2.45) is 0 Å². The minimum absolute atomic E-state index is 0.0787. The molecule has 0 aromatic carbocycles. The van der Waals surface area contributed by atoms with Gasteiger partial charge in [-0.2, -0.15) is 0 Å². The van der Waals surface area contributed by atoms with E-state index in [1.807, 2.05) is 0 Å². The molecule has 2 heterocycles. The molecule has 2 amide bonds. The van der Waals surface area contributed by atoms with Gasteiger partial charge in [-0.1, -0.05) is 17.7 Å². The number of nitrogens with zero attached hydrogens (tertiary/aromatic N) is 2.